The third kappa shape index (κ3) is 4.90. The van der Waals surface area contributed by atoms with Crippen LogP contribution in [0, 0.1) is 11.3 Å². The van der Waals surface area contributed by atoms with Crippen molar-refractivity contribution >= 4 is 6.03 Å². The summed E-state index contributed by atoms with van der Waals surface area (Å²) in [5.74, 6) is 1.35. The van der Waals surface area contributed by atoms with Crippen molar-refractivity contribution in [3.8, 4) is 34.7 Å². The number of rotatable bonds is 5. The van der Waals surface area contributed by atoms with Crippen LogP contribution in [0.25, 0.3) is 22.8 Å². The van der Waals surface area contributed by atoms with Crippen LogP contribution in [0.3, 0.4) is 0 Å². The van der Waals surface area contributed by atoms with Crippen LogP contribution >= 0.6 is 0 Å². The Balaban J connectivity index is 1.40. The Morgan fingerprint density at radius 1 is 1.25 bits per heavy atom. The van der Waals surface area contributed by atoms with Gasteiger partial charge in [-0.05, 0) is 62.4 Å². The van der Waals surface area contributed by atoms with Crippen LogP contribution in [-0.4, -0.2) is 53.5 Å². The number of aromatic nitrogens is 2. The molecule has 1 aromatic heterocycles. The van der Waals surface area contributed by atoms with E-state index in [2.05, 4.69) is 27.6 Å². The highest BCUT2D eigenvalue weighted by atomic mass is 16.5. The van der Waals surface area contributed by atoms with E-state index in [9.17, 15) is 10.1 Å². The quantitative estimate of drug-likeness (QED) is 0.564. The largest absolute Gasteiger partial charge is 0.490 e. The smallest absolute Gasteiger partial charge is 0.318 e. The van der Waals surface area contributed by atoms with Crippen LogP contribution in [0.4, 0.5) is 4.79 Å². The van der Waals surface area contributed by atoms with Gasteiger partial charge in [-0.2, -0.15) is 10.2 Å². The number of carbonyl (C=O) groups is 1. The second kappa shape index (κ2) is 10.4. The lowest BCUT2D eigenvalue weighted by molar-refractivity contribution is 0.0523. The first-order valence-electron chi connectivity index (χ1n) is 12.3. The van der Waals surface area contributed by atoms with Gasteiger partial charge in [0, 0.05) is 24.2 Å². The molecule has 9 heteroatoms. The molecule has 1 N–H and O–H groups in total. The van der Waals surface area contributed by atoms with E-state index >= 15 is 0 Å². The predicted octanol–water partition coefficient (Wildman–Crippen LogP) is 4.48. The van der Waals surface area contributed by atoms with Gasteiger partial charge in [0.25, 0.3) is 5.89 Å². The summed E-state index contributed by atoms with van der Waals surface area (Å²) < 4.78 is 16.7. The van der Waals surface area contributed by atoms with Gasteiger partial charge in [0.05, 0.1) is 30.9 Å². The number of fused-ring (bicyclic) bond motifs is 1. The first-order valence-corrected chi connectivity index (χ1v) is 12.3. The first-order chi connectivity index (χ1) is 17.5. The molecule has 186 valence electrons. The molecule has 3 aromatic rings. The lowest BCUT2D eigenvalue weighted by Crippen LogP contribution is -2.47. The molecular formula is C27H29N5O4. The highest BCUT2D eigenvalue weighted by Gasteiger charge is 2.27. The predicted molar refractivity (Wildman–Crippen MR) is 132 cm³/mol. The highest BCUT2D eigenvalue weighted by Crippen LogP contribution is 2.36. The SMILES string of the molecule is CC(C)Oc1ccc(-c2nc(-c3cccc4c3CCC[C@H]4NC(=O)N3CCOCC3)no2)cc1C#N. The normalized spacial score (nSPS) is 17.4. The summed E-state index contributed by atoms with van der Waals surface area (Å²) in [6.45, 7) is 6.19. The van der Waals surface area contributed by atoms with Crippen LogP contribution in [0.15, 0.2) is 40.9 Å². The van der Waals surface area contributed by atoms with Crippen molar-refractivity contribution in [1.29, 1.82) is 5.26 Å². The molecule has 5 rings (SSSR count). The Hall–Kier alpha value is -3.90. The van der Waals surface area contributed by atoms with E-state index in [0.29, 0.717) is 54.9 Å². The molecule has 9 nitrogen and oxygen atoms in total. The number of amides is 2. The molecule has 0 saturated carbocycles. The number of hydrogen-bond donors (Lipinski definition) is 1. The van der Waals surface area contributed by atoms with E-state index in [-0.39, 0.29) is 18.2 Å². The number of morpholine rings is 1. The number of nitrogens with zero attached hydrogens (tertiary/aromatic N) is 4. The third-order valence-corrected chi connectivity index (χ3v) is 6.48. The van der Waals surface area contributed by atoms with E-state index < -0.39 is 0 Å². The Kier molecular flexibility index (Phi) is 6.87. The number of ether oxygens (including phenoxy) is 2. The van der Waals surface area contributed by atoms with Gasteiger partial charge in [-0.3, -0.25) is 0 Å². The second-order valence-corrected chi connectivity index (χ2v) is 9.28. The Labute approximate surface area is 210 Å². The Morgan fingerprint density at radius 2 is 2.08 bits per heavy atom. The fourth-order valence-electron chi connectivity index (χ4n) is 4.77. The van der Waals surface area contributed by atoms with Crippen molar-refractivity contribution in [2.24, 2.45) is 0 Å². The van der Waals surface area contributed by atoms with Crippen LogP contribution in [0.5, 0.6) is 5.75 Å². The average Bonchev–Trinajstić information content (AvgIpc) is 3.39. The molecule has 2 aliphatic rings. The van der Waals surface area contributed by atoms with Crippen molar-refractivity contribution in [3.05, 3.63) is 53.1 Å². The summed E-state index contributed by atoms with van der Waals surface area (Å²) >= 11 is 0. The number of urea groups is 1. The topological polar surface area (TPSA) is 114 Å². The molecule has 1 aliphatic carbocycles. The van der Waals surface area contributed by atoms with E-state index in [4.69, 9.17) is 14.0 Å². The summed E-state index contributed by atoms with van der Waals surface area (Å²) in [4.78, 5) is 19.3. The van der Waals surface area contributed by atoms with Crippen molar-refractivity contribution in [2.45, 2.75) is 45.3 Å². The van der Waals surface area contributed by atoms with Gasteiger partial charge in [0.1, 0.15) is 11.8 Å². The zero-order valence-corrected chi connectivity index (χ0v) is 20.5. The van der Waals surface area contributed by atoms with Gasteiger partial charge in [-0.25, -0.2) is 4.79 Å². The maximum Gasteiger partial charge on any atom is 0.318 e. The monoisotopic (exact) mass is 487 g/mol. The van der Waals surface area contributed by atoms with E-state index in [1.54, 1.807) is 17.0 Å². The minimum absolute atomic E-state index is 0.0373. The third-order valence-electron chi connectivity index (χ3n) is 6.48. The van der Waals surface area contributed by atoms with Crippen molar-refractivity contribution in [2.75, 3.05) is 26.3 Å². The van der Waals surface area contributed by atoms with Crippen LogP contribution < -0.4 is 10.1 Å². The van der Waals surface area contributed by atoms with Gasteiger partial charge >= 0.3 is 6.03 Å². The maximum atomic E-state index is 12.8. The highest BCUT2D eigenvalue weighted by molar-refractivity contribution is 5.75. The molecule has 1 fully saturated rings. The summed E-state index contributed by atoms with van der Waals surface area (Å²) in [6.07, 6.45) is 2.67. The fraction of sp³-hybridized carbons (Fsp3) is 0.407. The van der Waals surface area contributed by atoms with Crippen LogP contribution in [0.2, 0.25) is 0 Å². The molecule has 1 atom stereocenters. The first kappa shape index (κ1) is 23.8. The summed E-state index contributed by atoms with van der Waals surface area (Å²) in [5.41, 5.74) is 4.18. The molecule has 1 saturated heterocycles. The molecule has 2 amide bonds. The second-order valence-electron chi connectivity index (χ2n) is 9.28. The van der Waals surface area contributed by atoms with Gasteiger partial charge in [0.15, 0.2) is 0 Å². The summed E-state index contributed by atoms with van der Waals surface area (Å²) in [6, 6.07) is 13.3. The van der Waals surface area contributed by atoms with Gasteiger partial charge in [-0.15, -0.1) is 0 Å². The standard InChI is InChI=1S/C27H29N5O4/c1-17(2)35-24-10-9-18(15-19(24)16-28)26-30-25(31-36-26)22-7-3-6-21-20(22)5-4-8-23(21)29-27(33)32-11-13-34-14-12-32/h3,6-7,9-10,15,17,23H,4-5,8,11-14H2,1-2H3,(H,29,33)/t23-/m1/s1. The average molecular weight is 488 g/mol. The number of nitrogens with one attached hydrogen (secondary N) is 1. The number of hydrogen-bond acceptors (Lipinski definition) is 7. The van der Waals surface area contributed by atoms with E-state index in [0.717, 1.165) is 36.0 Å². The van der Waals surface area contributed by atoms with Crippen molar-refractivity contribution in [1.82, 2.24) is 20.4 Å². The lowest BCUT2D eigenvalue weighted by Gasteiger charge is -2.32. The zero-order valence-electron chi connectivity index (χ0n) is 20.5. The molecule has 0 unspecified atom stereocenters. The van der Waals surface area contributed by atoms with Gasteiger partial charge < -0.3 is 24.2 Å². The van der Waals surface area contributed by atoms with Crippen LogP contribution in [0.1, 0.15) is 49.4 Å². The molecule has 0 radical (unpaired) electrons. The van der Waals surface area contributed by atoms with E-state index in [1.165, 1.54) is 0 Å². The molecular weight excluding hydrogens is 458 g/mol. The van der Waals surface area contributed by atoms with Crippen molar-refractivity contribution in [3.63, 3.8) is 0 Å². The summed E-state index contributed by atoms with van der Waals surface area (Å²) in [7, 11) is 0. The van der Waals surface area contributed by atoms with Crippen LogP contribution in [-0.2, 0) is 11.2 Å². The minimum atomic E-state index is -0.0675. The van der Waals surface area contributed by atoms with E-state index in [1.807, 2.05) is 32.0 Å². The summed E-state index contributed by atoms with van der Waals surface area (Å²) in [5, 5.41) is 17.0. The Bertz CT molecular complexity index is 1290. The molecule has 2 aromatic carbocycles. The van der Waals surface area contributed by atoms with Gasteiger partial charge in [-0.1, -0.05) is 23.4 Å². The molecule has 36 heavy (non-hydrogen) atoms. The van der Waals surface area contributed by atoms with Crippen molar-refractivity contribution < 1.29 is 18.8 Å². The zero-order chi connectivity index (χ0) is 25.1. The molecule has 0 bridgehead atoms. The Morgan fingerprint density at radius 3 is 2.86 bits per heavy atom. The maximum absolute atomic E-state index is 12.8. The van der Waals surface area contributed by atoms with Gasteiger partial charge in [0.2, 0.25) is 5.82 Å². The molecule has 1 aliphatic heterocycles. The molecule has 2 heterocycles. The molecule has 0 spiro atoms. The number of benzene rings is 2. The fourth-order valence-corrected chi connectivity index (χ4v) is 4.77. The lowest BCUT2D eigenvalue weighted by atomic mass is 9.84. The number of nitriles is 1. The number of carbonyl (C=O) groups excluding carboxylic acids is 1. The minimum Gasteiger partial charge on any atom is -0.490 e.